The van der Waals surface area contributed by atoms with Gasteiger partial charge in [-0.15, -0.1) is 0 Å². The lowest BCUT2D eigenvalue weighted by atomic mass is 10.1. The molecule has 0 fully saturated rings. The van der Waals surface area contributed by atoms with Gasteiger partial charge in [-0.2, -0.15) is 0 Å². The van der Waals surface area contributed by atoms with Crippen molar-refractivity contribution < 1.29 is 18.7 Å². The second-order valence-electron chi connectivity index (χ2n) is 5.56. The highest BCUT2D eigenvalue weighted by Gasteiger charge is 2.09. The predicted octanol–water partition coefficient (Wildman–Crippen LogP) is 3.91. The summed E-state index contributed by atoms with van der Waals surface area (Å²) < 4.78 is 10.3. The molecule has 1 amide bonds. The lowest BCUT2D eigenvalue weighted by Crippen LogP contribution is -2.17. The molecule has 0 radical (unpaired) electrons. The summed E-state index contributed by atoms with van der Waals surface area (Å²) in [7, 11) is 0. The largest absolute Gasteiger partial charge is 0.423 e. The summed E-state index contributed by atoms with van der Waals surface area (Å²) in [6.45, 7) is 3.25. The summed E-state index contributed by atoms with van der Waals surface area (Å²) in [4.78, 5) is 34.8. The van der Waals surface area contributed by atoms with Gasteiger partial charge < -0.3 is 9.15 Å². The monoisotopic (exact) mass is 337 g/mol. The van der Waals surface area contributed by atoms with Crippen LogP contribution in [-0.2, 0) is 0 Å². The molecule has 0 spiro atoms. The number of ether oxygens (including phenoxy) is 1. The van der Waals surface area contributed by atoms with E-state index in [1.54, 1.807) is 43.3 Å². The molecule has 25 heavy (non-hydrogen) atoms. The van der Waals surface area contributed by atoms with Crippen LogP contribution in [0.3, 0.4) is 0 Å². The number of hydrogen-bond donors (Lipinski definition) is 1. The number of ketones is 1. The Balaban J connectivity index is 1.79. The van der Waals surface area contributed by atoms with Gasteiger partial charge in [-0.25, -0.2) is 9.59 Å². The summed E-state index contributed by atoms with van der Waals surface area (Å²) in [5.41, 5.74) is 1.59. The van der Waals surface area contributed by atoms with Crippen molar-refractivity contribution >= 4 is 28.5 Å². The van der Waals surface area contributed by atoms with E-state index < -0.39 is 11.7 Å². The molecule has 0 atom stereocenters. The molecule has 3 aromatic rings. The van der Waals surface area contributed by atoms with Gasteiger partial charge in [0.05, 0.1) is 0 Å². The number of fused-ring (bicyclic) bond motifs is 1. The first-order valence-corrected chi connectivity index (χ1v) is 7.57. The Hall–Kier alpha value is -3.41. The molecule has 0 saturated carbocycles. The number of rotatable bonds is 3. The molecule has 126 valence electrons. The standard InChI is InChI=1S/C19H15NO5/c1-11-8-18(22)25-17-10-15(6-7-16(11)17)24-19(23)20-14-5-3-4-13(9-14)12(2)21/h3-10H,1-2H3,(H,20,23). The van der Waals surface area contributed by atoms with Crippen LogP contribution < -0.4 is 15.7 Å². The van der Waals surface area contributed by atoms with Crippen LogP contribution in [0.15, 0.2) is 57.7 Å². The second kappa shape index (κ2) is 6.60. The molecule has 0 aliphatic rings. The third kappa shape index (κ3) is 3.74. The van der Waals surface area contributed by atoms with E-state index in [0.29, 0.717) is 16.8 Å². The van der Waals surface area contributed by atoms with Crippen molar-refractivity contribution in [2.75, 3.05) is 5.32 Å². The molecule has 1 aromatic heterocycles. The molecular weight excluding hydrogens is 322 g/mol. The maximum atomic E-state index is 12.0. The molecule has 0 saturated heterocycles. The van der Waals surface area contributed by atoms with E-state index in [9.17, 15) is 14.4 Å². The summed E-state index contributed by atoms with van der Waals surface area (Å²) in [5, 5.41) is 3.32. The number of carbonyl (C=O) groups excluding carboxylic acids is 2. The number of nitrogens with one attached hydrogen (secondary N) is 1. The Bertz CT molecular complexity index is 1040. The van der Waals surface area contributed by atoms with Crippen LogP contribution in [0.5, 0.6) is 5.75 Å². The average Bonchev–Trinajstić information content (AvgIpc) is 2.54. The van der Waals surface area contributed by atoms with E-state index in [-0.39, 0.29) is 11.5 Å². The summed E-state index contributed by atoms with van der Waals surface area (Å²) in [6, 6.07) is 12.7. The topological polar surface area (TPSA) is 85.6 Å². The normalized spacial score (nSPS) is 10.5. The fourth-order valence-corrected chi connectivity index (χ4v) is 2.44. The predicted molar refractivity (Wildman–Crippen MR) is 93.3 cm³/mol. The zero-order valence-electron chi connectivity index (χ0n) is 13.7. The molecule has 0 aliphatic heterocycles. The van der Waals surface area contributed by atoms with Gasteiger partial charge in [0.25, 0.3) is 0 Å². The van der Waals surface area contributed by atoms with Crippen molar-refractivity contribution in [2.45, 2.75) is 13.8 Å². The molecular formula is C19H15NO5. The Morgan fingerprint density at radius 3 is 2.64 bits per heavy atom. The van der Waals surface area contributed by atoms with Crippen LogP contribution >= 0.6 is 0 Å². The maximum absolute atomic E-state index is 12.0. The third-order valence-corrected chi connectivity index (χ3v) is 3.65. The minimum atomic E-state index is -0.713. The fourth-order valence-electron chi connectivity index (χ4n) is 2.44. The highest BCUT2D eigenvalue weighted by molar-refractivity contribution is 5.96. The molecule has 1 N–H and O–H groups in total. The van der Waals surface area contributed by atoms with Gasteiger partial charge in [0.1, 0.15) is 11.3 Å². The zero-order valence-corrected chi connectivity index (χ0v) is 13.7. The van der Waals surface area contributed by atoms with Gasteiger partial charge in [0, 0.05) is 28.8 Å². The van der Waals surface area contributed by atoms with Gasteiger partial charge in [0.2, 0.25) is 0 Å². The molecule has 6 heteroatoms. The quantitative estimate of drug-likeness (QED) is 0.578. The van der Waals surface area contributed by atoms with Crippen molar-refractivity contribution in [3.8, 4) is 5.75 Å². The van der Waals surface area contributed by atoms with E-state index >= 15 is 0 Å². The minimum absolute atomic E-state index is 0.100. The van der Waals surface area contributed by atoms with E-state index in [1.165, 1.54) is 19.1 Å². The first kappa shape index (κ1) is 16.4. The van der Waals surface area contributed by atoms with Gasteiger partial charge in [-0.1, -0.05) is 12.1 Å². The summed E-state index contributed by atoms with van der Waals surface area (Å²) >= 11 is 0. The first-order chi connectivity index (χ1) is 11.9. The van der Waals surface area contributed by atoms with Crippen LogP contribution in [0.25, 0.3) is 11.0 Å². The van der Waals surface area contributed by atoms with Crippen LogP contribution in [-0.4, -0.2) is 11.9 Å². The van der Waals surface area contributed by atoms with Crippen molar-refractivity contribution in [3.05, 3.63) is 70.1 Å². The number of aryl methyl sites for hydroxylation is 1. The van der Waals surface area contributed by atoms with E-state index in [0.717, 1.165) is 10.9 Å². The van der Waals surface area contributed by atoms with Crippen molar-refractivity contribution in [3.63, 3.8) is 0 Å². The number of hydrogen-bond acceptors (Lipinski definition) is 5. The van der Waals surface area contributed by atoms with Crippen molar-refractivity contribution in [1.29, 1.82) is 0 Å². The van der Waals surface area contributed by atoms with Crippen molar-refractivity contribution in [1.82, 2.24) is 0 Å². The maximum Gasteiger partial charge on any atom is 0.417 e. The minimum Gasteiger partial charge on any atom is -0.423 e. The Labute approximate surface area is 143 Å². The Morgan fingerprint density at radius 2 is 1.88 bits per heavy atom. The van der Waals surface area contributed by atoms with Gasteiger partial charge >= 0.3 is 11.7 Å². The average molecular weight is 337 g/mol. The molecule has 0 aliphatic carbocycles. The van der Waals surface area contributed by atoms with Gasteiger partial charge in [-0.05, 0) is 43.7 Å². The van der Waals surface area contributed by atoms with Gasteiger partial charge in [0.15, 0.2) is 5.78 Å². The van der Waals surface area contributed by atoms with Gasteiger partial charge in [-0.3, -0.25) is 10.1 Å². The van der Waals surface area contributed by atoms with Crippen LogP contribution in [0.4, 0.5) is 10.5 Å². The SMILES string of the molecule is CC(=O)c1cccc(NC(=O)Oc2ccc3c(C)cc(=O)oc3c2)c1. The molecule has 0 bridgehead atoms. The van der Waals surface area contributed by atoms with E-state index in [2.05, 4.69) is 5.32 Å². The summed E-state index contributed by atoms with van der Waals surface area (Å²) in [6.07, 6.45) is -0.713. The lowest BCUT2D eigenvalue weighted by Gasteiger charge is -2.08. The zero-order chi connectivity index (χ0) is 18.0. The lowest BCUT2D eigenvalue weighted by molar-refractivity contribution is 0.101. The Morgan fingerprint density at radius 1 is 1.08 bits per heavy atom. The van der Waals surface area contributed by atoms with E-state index in [1.807, 2.05) is 0 Å². The Kier molecular flexibility index (Phi) is 4.35. The number of amides is 1. The third-order valence-electron chi connectivity index (χ3n) is 3.65. The van der Waals surface area contributed by atoms with Crippen molar-refractivity contribution in [2.24, 2.45) is 0 Å². The van der Waals surface area contributed by atoms with E-state index in [4.69, 9.17) is 9.15 Å². The molecule has 0 unspecified atom stereocenters. The number of Topliss-reactive ketones (excluding diaryl/α,β-unsaturated/α-hetero) is 1. The highest BCUT2D eigenvalue weighted by Crippen LogP contribution is 2.22. The van der Waals surface area contributed by atoms with Crippen LogP contribution in [0.2, 0.25) is 0 Å². The molecule has 3 rings (SSSR count). The second-order valence-corrected chi connectivity index (χ2v) is 5.56. The molecule has 6 nitrogen and oxygen atoms in total. The molecule has 2 aromatic carbocycles. The highest BCUT2D eigenvalue weighted by atomic mass is 16.6. The number of benzene rings is 2. The number of carbonyl (C=O) groups is 2. The molecule has 1 heterocycles. The summed E-state index contributed by atoms with van der Waals surface area (Å²) in [5.74, 6) is 0.137. The van der Waals surface area contributed by atoms with Crippen LogP contribution in [0.1, 0.15) is 22.8 Å². The smallest absolute Gasteiger partial charge is 0.417 e. The van der Waals surface area contributed by atoms with Crippen LogP contribution in [0, 0.1) is 6.92 Å². The number of anilines is 1. The first-order valence-electron chi connectivity index (χ1n) is 7.57. The fraction of sp³-hybridized carbons (Fsp3) is 0.105.